The molecule has 2 aromatic rings. The summed E-state index contributed by atoms with van der Waals surface area (Å²) in [6, 6.07) is 7.96. The van der Waals surface area contributed by atoms with Gasteiger partial charge in [0.05, 0.1) is 5.69 Å². The fourth-order valence-electron chi connectivity index (χ4n) is 1.61. The van der Waals surface area contributed by atoms with Gasteiger partial charge < -0.3 is 10.5 Å². The van der Waals surface area contributed by atoms with E-state index in [0.29, 0.717) is 6.61 Å². The Kier molecular flexibility index (Phi) is 3.99. The molecule has 0 amide bonds. The molecule has 1 heterocycles. The van der Waals surface area contributed by atoms with E-state index in [-0.39, 0.29) is 6.04 Å². The lowest BCUT2D eigenvalue weighted by molar-refractivity contribution is 0.305. The van der Waals surface area contributed by atoms with Gasteiger partial charge in [-0.3, -0.25) is 0 Å². The van der Waals surface area contributed by atoms with Crippen molar-refractivity contribution in [1.29, 1.82) is 0 Å². The number of hydrogen-bond donors (Lipinski definition) is 1. The van der Waals surface area contributed by atoms with E-state index in [9.17, 15) is 0 Å². The number of hydrogen-bond acceptors (Lipinski definition) is 4. The second-order valence-corrected chi connectivity index (χ2v) is 5.68. The van der Waals surface area contributed by atoms with Crippen LogP contribution >= 0.6 is 11.3 Å². The number of benzene rings is 1. The maximum atomic E-state index is 5.80. The number of thiazole rings is 1. The Morgan fingerprint density at radius 2 is 1.94 bits per heavy atom. The van der Waals surface area contributed by atoms with Crippen molar-refractivity contribution >= 4 is 11.3 Å². The molecular weight excluding hydrogens is 244 g/mol. The molecule has 0 aliphatic heterocycles. The highest BCUT2D eigenvalue weighted by Gasteiger charge is 2.05. The van der Waals surface area contributed by atoms with Crippen molar-refractivity contribution in [3.05, 3.63) is 45.4 Å². The predicted molar refractivity (Wildman–Crippen MR) is 75.0 cm³/mol. The van der Waals surface area contributed by atoms with Crippen molar-refractivity contribution in [2.75, 3.05) is 0 Å². The van der Waals surface area contributed by atoms with Crippen LogP contribution in [0.5, 0.6) is 5.75 Å². The lowest BCUT2D eigenvalue weighted by atomic mass is 10.1. The molecule has 1 aromatic heterocycles. The van der Waals surface area contributed by atoms with Gasteiger partial charge in [-0.1, -0.05) is 12.1 Å². The molecule has 0 bridgehead atoms. The predicted octanol–water partition coefficient (Wildman–Crippen LogP) is 3.36. The lowest BCUT2D eigenvalue weighted by Gasteiger charge is -2.07. The Morgan fingerprint density at radius 3 is 2.44 bits per heavy atom. The molecule has 0 aliphatic rings. The van der Waals surface area contributed by atoms with Gasteiger partial charge >= 0.3 is 0 Å². The number of aromatic nitrogens is 1. The molecular formula is C14H18N2OS. The Bertz CT molecular complexity index is 498. The monoisotopic (exact) mass is 262 g/mol. The van der Waals surface area contributed by atoms with Crippen LogP contribution in [0, 0.1) is 13.8 Å². The number of ether oxygens (including phenoxy) is 1. The van der Waals surface area contributed by atoms with E-state index in [1.165, 1.54) is 4.88 Å². The van der Waals surface area contributed by atoms with Gasteiger partial charge in [-0.2, -0.15) is 0 Å². The van der Waals surface area contributed by atoms with Crippen LogP contribution in [0.1, 0.15) is 34.1 Å². The summed E-state index contributed by atoms with van der Waals surface area (Å²) in [4.78, 5) is 5.70. The number of rotatable bonds is 4. The minimum absolute atomic E-state index is 0.0586. The summed E-state index contributed by atoms with van der Waals surface area (Å²) in [5.41, 5.74) is 8.00. The largest absolute Gasteiger partial charge is 0.486 e. The van der Waals surface area contributed by atoms with Gasteiger partial charge in [0, 0.05) is 10.9 Å². The molecule has 3 nitrogen and oxygen atoms in total. The van der Waals surface area contributed by atoms with E-state index >= 15 is 0 Å². The molecule has 0 saturated heterocycles. The molecule has 0 radical (unpaired) electrons. The van der Waals surface area contributed by atoms with Gasteiger partial charge in [-0.05, 0) is 38.5 Å². The summed E-state index contributed by atoms with van der Waals surface area (Å²) >= 11 is 1.69. The molecule has 2 rings (SSSR count). The third kappa shape index (κ3) is 3.09. The third-order valence-electron chi connectivity index (χ3n) is 2.84. The number of aryl methyl sites for hydroxylation is 2. The van der Waals surface area contributed by atoms with E-state index in [1.54, 1.807) is 11.3 Å². The van der Waals surface area contributed by atoms with Crippen LogP contribution in [0.25, 0.3) is 0 Å². The highest BCUT2D eigenvalue weighted by Crippen LogP contribution is 2.20. The molecule has 0 fully saturated rings. The summed E-state index contributed by atoms with van der Waals surface area (Å²) < 4.78 is 5.70. The maximum Gasteiger partial charge on any atom is 0.140 e. The molecule has 0 spiro atoms. The zero-order valence-corrected chi connectivity index (χ0v) is 11.8. The van der Waals surface area contributed by atoms with Gasteiger partial charge in [0.1, 0.15) is 17.4 Å². The average Bonchev–Trinajstić information content (AvgIpc) is 2.67. The highest BCUT2D eigenvalue weighted by molar-refractivity contribution is 7.11. The Labute approximate surface area is 112 Å². The fourth-order valence-corrected chi connectivity index (χ4v) is 2.46. The fraction of sp³-hybridized carbons (Fsp3) is 0.357. The minimum atomic E-state index is 0.0586. The zero-order valence-electron chi connectivity index (χ0n) is 10.9. The first kappa shape index (κ1) is 13.1. The Balaban J connectivity index is 1.97. The molecule has 1 aromatic carbocycles. The second-order valence-electron chi connectivity index (χ2n) is 4.40. The van der Waals surface area contributed by atoms with Crippen LogP contribution < -0.4 is 10.5 Å². The highest BCUT2D eigenvalue weighted by atomic mass is 32.1. The first-order valence-corrected chi connectivity index (χ1v) is 6.79. The van der Waals surface area contributed by atoms with E-state index in [0.717, 1.165) is 22.0 Å². The van der Waals surface area contributed by atoms with E-state index in [1.807, 2.05) is 38.1 Å². The number of nitrogens with two attached hydrogens (primary N) is 1. The quantitative estimate of drug-likeness (QED) is 0.919. The molecule has 4 heteroatoms. The minimum Gasteiger partial charge on any atom is -0.486 e. The topological polar surface area (TPSA) is 48.1 Å². The maximum absolute atomic E-state index is 5.80. The van der Waals surface area contributed by atoms with Gasteiger partial charge in [-0.25, -0.2) is 4.98 Å². The standard InChI is InChI=1S/C14H18N2OS/c1-9(15)12-4-6-13(7-5-12)17-8-14-16-10(2)11(3)18-14/h4-7,9H,8,15H2,1-3H3/t9-/m1/s1. The average molecular weight is 262 g/mol. The molecule has 18 heavy (non-hydrogen) atoms. The van der Waals surface area contributed by atoms with E-state index in [4.69, 9.17) is 10.5 Å². The summed E-state index contributed by atoms with van der Waals surface area (Å²) in [6.45, 7) is 6.59. The molecule has 0 aliphatic carbocycles. The summed E-state index contributed by atoms with van der Waals surface area (Å²) in [7, 11) is 0. The lowest BCUT2D eigenvalue weighted by Crippen LogP contribution is -2.04. The van der Waals surface area contributed by atoms with Crippen LogP contribution in [0.4, 0.5) is 0 Å². The van der Waals surface area contributed by atoms with Gasteiger partial charge in [0.2, 0.25) is 0 Å². The number of nitrogens with zero attached hydrogens (tertiary/aromatic N) is 1. The Morgan fingerprint density at radius 1 is 1.28 bits per heavy atom. The van der Waals surface area contributed by atoms with E-state index < -0.39 is 0 Å². The van der Waals surface area contributed by atoms with Crippen molar-refractivity contribution < 1.29 is 4.74 Å². The molecule has 2 N–H and O–H groups in total. The van der Waals surface area contributed by atoms with Crippen molar-refractivity contribution in [1.82, 2.24) is 4.98 Å². The smallest absolute Gasteiger partial charge is 0.140 e. The third-order valence-corrected chi connectivity index (χ3v) is 3.89. The molecule has 0 saturated carbocycles. The van der Waals surface area contributed by atoms with Crippen LogP contribution in [-0.2, 0) is 6.61 Å². The van der Waals surface area contributed by atoms with Crippen molar-refractivity contribution in [3.63, 3.8) is 0 Å². The zero-order chi connectivity index (χ0) is 13.1. The summed E-state index contributed by atoms with van der Waals surface area (Å²) in [5.74, 6) is 0.852. The van der Waals surface area contributed by atoms with Gasteiger partial charge in [0.15, 0.2) is 0 Å². The van der Waals surface area contributed by atoms with Crippen LogP contribution in [0.2, 0.25) is 0 Å². The van der Waals surface area contributed by atoms with Crippen LogP contribution in [-0.4, -0.2) is 4.98 Å². The van der Waals surface area contributed by atoms with Gasteiger partial charge in [-0.15, -0.1) is 11.3 Å². The SMILES string of the molecule is Cc1nc(COc2ccc([C@@H](C)N)cc2)sc1C. The van der Waals surface area contributed by atoms with Crippen molar-refractivity contribution in [2.24, 2.45) is 5.73 Å². The first-order chi connectivity index (χ1) is 8.56. The van der Waals surface area contributed by atoms with Crippen LogP contribution in [0.15, 0.2) is 24.3 Å². The Hall–Kier alpha value is -1.39. The second kappa shape index (κ2) is 5.50. The van der Waals surface area contributed by atoms with Gasteiger partial charge in [0.25, 0.3) is 0 Å². The molecule has 1 atom stereocenters. The normalized spacial score (nSPS) is 12.4. The van der Waals surface area contributed by atoms with Crippen molar-refractivity contribution in [2.45, 2.75) is 33.4 Å². The summed E-state index contributed by atoms with van der Waals surface area (Å²) in [5, 5.41) is 1.02. The molecule has 0 unspecified atom stereocenters. The van der Waals surface area contributed by atoms with Crippen molar-refractivity contribution in [3.8, 4) is 5.75 Å². The van der Waals surface area contributed by atoms with Crippen LogP contribution in [0.3, 0.4) is 0 Å². The summed E-state index contributed by atoms with van der Waals surface area (Å²) in [6.07, 6.45) is 0. The molecule has 96 valence electrons. The first-order valence-electron chi connectivity index (χ1n) is 5.97. The van der Waals surface area contributed by atoms with E-state index in [2.05, 4.69) is 11.9 Å².